The maximum Gasteiger partial charge on any atom is 0.302 e. The molecule has 27 heavy (non-hydrogen) atoms. The summed E-state index contributed by atoms with van der Waals surface area (Å²) < 4.78 is 6.88. The van der Waals surface area contributed by atoms with E-state index in [0.717, 1.165) is 42.4 Å². The van der Waals surface area contributed by atoms with E-state index < -0.39 is 0 Å². The van der Waals surface area contributed by atoms with Gasteiger partial charge in [0.1, 0.15) is 6.10 Å². The van der Waals surface area contributed by atoms with Crippen LogP contribution in [0, 0.1) is 40.4 Å². The molecule has 0 unspecified atom stereocenters. The SMILES string of the molecule is CC(=O)O[C@H]1CC[C@@]2(C)C(=CC[C@H]3[C@@H]4CC[C@H]([C@H](C)CI)[C@@]4(C)CC[C@@H]32)C1. The monoisotopic (exact) mass is 484 g/mol. The first kappa shape index (κ1) is 20.2. The molecule has 0 spiro atoms. The Labute approximate surface area is 179 Å². The number of carbonyl (C=O) groups excluding carboxylic acids is 1. The van der Waals surface area contributed by atoms with Crippen molar-refractivity contribution in [1.29, 1.82) is 0 Å². The molecule has 0 saturated heterocycles. The Kier molecular flexibility index (Phi) is 5.48. The van der Waals surface area contributed by atoms with Crippen molar-refractivity contribution in [3.05, 3.63) is 11.6 Å². The number of hydrogen-bond donors (Lipinski definition) is 0. The molecule has 4 aliphatic rings. The van der Waals surface area contributed by atoms with Crippen LogP contribution in [0.1, 0.15) is 79.1 Å². The number of fused-ring (bicyclic) bond motifs is 5. The molecule has 4 rings (SSSR count). The van der Waals surface area contributed by atoms with Gasteiger partial charge in [0.15, 0.2) is 0 Å². The highest BCUT2D eigenvalue weighted by Gasteiger charge is 2.59. The molecular weight excluding hydrogens is 447 g/mol. The van der Waals surface area contributed by atoms with Crippen LogP contribution >= 0.6 is 22.6 Å². The molecule has 0 aromatic heterocycles. The Morgan fingerprint density at radius 2 is 2.00 bits per heavy atom. The van der Waals surface area contributed by atoms with E-state index in [1.165, 1.54) is 43.0 Å². The topological polar surface area (TPSA) is 26.3 Å². The first-order valence-corrected chi connectivity index (χ1v) is 12.7. The van der Waals surface area contributed by atoms with Gasteiger partial charge in [0.2, 0.25) is 0 Å². The van der Waals surface area contributed by atoms with Crippen LogP contribution in [-0.4, -0.2) is 16.5 Å². The summed E-state index contributed by atoms with van der Waals surface area (Å²) in [6.07, 6.45) is 13.0. The molecular formula is C24H37IO2. The van der Waals surface area contributed by atoms with Gasteiger partial charge in [-0.1, -0.05) is 55.0 Å². The molecule has 0 radical (unpaired) electrons. The largest absolute Gasteiger partial charge is 0.462 e. The number of carbonyl (C=O) groups is 1. The van der Waals surface area contributed by atoms with Crippen molar-refractivity contribution in [3.63, 3.8) is 0 Å². The van der Waals surface area contributed by atoms with E-state index in [-0.39, 0.29) is 12.1 Å². The summed E-state index contributed by atoms with van der Waals surface area (Å²) in [5, 5.41) is 0. The van der Waals surface area contributed by atoms with Crippen molar-refractivity contribution in [2.45, 2.75) is 85.2 Å². The minimum Gasteiger partial charge on any atom is -0.462 e. The summed E-state index contributed by atoms with van der Waals surface area (Å²) in [6, 6.07) is 0. The fraction of sp³-hybridized carbons (Fsp3) is 0.875. The number of esters is 1. The number of alkyl halides is 1. The number of allylic oxidation sites excluding steroid dienone is 1. The molecule has 3 heteroatoms. The van der Waals surface area contributed by atoms with E-state index in [2.05, 4.69) is 49.4 Å². The van der Waals surface area contributed by atoms with Crippen LogP contribution in [0.3, 0.4) is 0 Å². The molecule has 0 aromatic carbocycles. The maximum absolute atomic E-state index is 11.4. The first-order chi connectivity index (χ1) is 12.8. The lowest BCUT2D eigenvalue weighted by atomic mass is 9.47. The van der Waals surface area contributed by atoms with E-state index >= 15 is 0 Å². The molecule has 152 valence electrons. The maximum atomic E-state index is 11.4. The predicted octanol–water partition coefficient (Wildman–Crippen LogP) is 6.57. The Bertz CT molecular complexity index is 628. The van der Waals surface area contributed by atoms with Gasteiger partial charge in [-0.15, -0.1) is 0 Å². The molecule has 0 heterocycles. The van der Waals surface area contributed by atoms with Crippen LogP contribution in [0.15, 0.2) is 11.6 Å². The molecule has 2 nitrogen and oxygen atoms in total. The van der Waals surface area contributed by atoms with Gasteiger partial charge in [0, 0.05) is 17.8 Å². The molecule has 0 N–H and O–H groups in total. The van der Waals surface area contributed by atoms with E-state index in [1.54, 1.807) is 12.5 Å². The number of halogens is 1. The molecule has 3 saturated carbocycles. The second kappa shape index (κ2) is 7.32. The van der Waals surface area contributed by atoms with Gasteiger partial charge in [-0.3, -0.25) is 4.79 Å². The Hall–Kier alpha value is -0.0600. The van der Waals surface area contributed by atoms with Gasteiger partial charge in [-0.2, -0.15) is 0 Å². The first-order valence-electron chi connectivity index (χ1n) is 11.2. The molecule has 0 amide bonds. The summed E-state index contributed by atoms with van der Waals surface area (Å²) in [5.41, 5.74) is 2.54. The predicted molar refractivity (Wildman–Crippen MR) is 119 cm³/mol. The van der Waals surface area contributed by atoms with Crippen molar-refractivity contribution in [3.8, 4) is 0 Å². The third-order valence-corrected chi connectivity index (χ3v) is 10.8. The normalized spacial score (nSPS) is 47.3. The van der Waals surface area contributed by atoms with Gasteiger partial charge in [0.05, 0.1) is 0 Å². The zero-order valence-electron chi connectivity index (χ0n) is 17.6. The molecule has 3 fully saturated rings. The summed E-state index contributed by atoms with van der Waals surface area (Å²) in [7, 11) is 0. The lowest BCUT2D eigenvalue weighted by Crippen LogP contribution is -2.51. The zero-order chi connectivity index (χ0) is 19.4. The average molecular weight is 484 g/mol. The highest BCUT2D eigenvalue weighted by molar-refractivity contribution is 14.1. The van der Waals surface area contributed by atoms with E-state index in [9.17, 15) is 4.79 Å². The summed E-state index contributed by atoms with van der Waals surface area (Å²) in [5.74, 6) is 4.33. The number of ether oxygens (including phenoxy) is 1. The van der Waals surface area contributed by atoms with Crippen LogP contribution in [0.4, 0.5) is 0 Å². The highest BCUT2D eigenvalue weighted by Crippen LogP contribution is 2.67. The summed E-state index contributed by atoms with van der Waals surface area (Å²) >= 11 is 2.60. The smallest absolute Gasteiger partial charge is 0.302 e. The van der Waals surface area contributed by atoms with Crippen molar-refractivity contribution in [2.24, 2.45) is 40.4 Å². The highest BCUT2D eigenvalue weighted by atomic mass is 127. The van der Waals surface area contributed by atoms with Crippen molar-refractivity contribution in [2.75, 3.05) is 4.43 Å². The molecule has 0 aliphatic heterocycles. The summed E-state index contributed by atoms with van der Waals surface area (Å²) in [4.78, 5) is 11.4. The van der Waals surface area contributed by atoms with E-state index in [4.69, 9.17) is 4.74 Å². The van der Waals surface area contributed by atoms with Gasteiger partial charge in [-0.05, 0) is 85.4 Å². The second-order valence-electron chi connectivity index (χ2n) is 10.6. The summed E-state index contributed by atoms with van der Waals surface area (Å²) in [6.45, 7) is 9.23. The average Bonchev–Trinajstić information content (AvgIpc) is 2.98. The van der Waals surface area contributed by atoms with Crippen LogP contribution in [-0.2, 0) is 9.53 Å². The quantitative estimate of drug-likeness (QED) is 0.196. The van der Waals surface area contributed by atoms with Crippen LogP contribution < -0.4 is 0 Å². The van der Waals surface area contributed by atoms with Gasteiger partial charge in [0.25, 0.3) is 0 Å². The molecule has 8 atom stereocenters. The zero-order valence-corrected chi connectivity index (χ0v) is 19.8. The minimum absolute atomic E-state index is 0.118. The van der Waals surface area contributed by atoms with E-state index in [1.807, 2.05) is 0 Å². The number of rotatable bonds is 3. The fourth-order valence-electron chi connectivity index (χ4n) is 8.05. The van der Waals surface area contributed by atoms with Crippen LogP contribution in [0.25, 0.3) is 0 Å². The van der Waals surface area contributed by atoms with E-state index in [0.29, 0.717) is 10.8 Å². The fourth-order valence-corrected chi connectivity index (χ4v) is 8.66. The number of hydrogen-bond acceptors (Lipinski definition) is 2. The van der Waals surface area contributed by atoms with Gasteiger partial charge >= 0.3 is 5.97 Å². The van der Waals surface area contributed by atoms with Crippen LogP contribution in [0.2, 0.25) is 0 Å². The van der Waals surface area contributed by atoms with Crippen molar-refractivity contribution < 1.29 is 9.53 Å². The van der Waals surface area contributed by atoms with Crippen molar-refractivity contribution in [1.82, 2.24) is 0 Å². The van der Waals surface area contributed by atoms with Gasteiger partial charge < -0.3 is 4.74 Å². The minimum atomic E-state index is -0.118. The Balaban J connectivity index is 1.56. The third-order valence-electron chi connectivity index (χ3n) is 9.39. The molecule has 4 aliphatic carbocycles. The third kappa shape index (κ3) is 3.22. The lowest BCUT2D eigenvalue weighted by Gasteiger charge is -2.58. The Morgan fingerprint density at radius 1 is 1.22 bits per heavy atom. The molecule has 0 aromatic rings. The van der Waals surface area contributed by atoms with Crippen molar-refractivity contribution >= 4 is 28.6 Å². The van der Waals surface area contributed by atoms with Gasteiger partial charge in [-0.25, -0.2) is 0 Å². The lowest BCUT2D eigenvalue weighted by molar-refractivity contribution is -0.148. The molecule has 0 bridgehead atoms. The second-order valence-corrected chi connectivity index (χ2v) is 11.5. The standard InChI is InChI=1S/C24H37IO2/c1-15(14-25)20-7-8-21-19-6-5-17-13-18(27-16(2)26)9-11-23(17,3)22(19)10-12-24(20,21)4/h5,15,18-22H,6-14H2,1-4H3/t15-,18+,19+,20-,21+,22+,23+,24-/m1/s1. The Morgan fingerprint density at radius 3 is 2.70 bits per heavy atom. The van der Waals surface area contributed by atoms with Crippen LogP contribution in [0.5, 0.6) is 0 Å².